The van der Waals surface area contributed by atoms with Crippen LogP contribution in [0.1, 0.15) is 12.8 Å². The lowest BCUT2D eigenvalue weighted by Gasteiger charge is -2.03. The Bertz CT molecular complexity index is 140. The molecule has 1 saturated heterocycles. The predicted molar refractivity (Wildman–Crippen MR) is 33.6 cm³/mol. The Hall–Kier alpha value is -0.640. The monoisotopic (exact) mass is 147 g/mol. The summed E-state index contributed by atoms with van der Waals surface area (Å²) in [5.74, 6) is -0.869. The molecule has 10 heavy (non-hydrogen) atoms. The van der Waals surface area contributed by atoms with E-state index < -0.39 is 12.1 Å². The molecule has 0 spiro atoms. The number of halogens is 1. The first-order valence-electron chi connectivity index (χ1n) is 3.27. The van der Waals surface area contributed by atoms with Gasteiger partial charge >= 0.3 is 5.97 Å². The van der Waals surface area contributed by atoms with Gasteiger partial charge in [0, 0.05) is 12.6 Å². The number of carboxylic acids is 1. The number of hydrogen-bond donors (Lipinski definition) is 2. The molecule has 0 aromatic heterocycles. The number of nitrogens with one attached hydrogen (secondary N) is 1. The lowest BCUT2D eigenvalue weighted by Crippen LogP contribution is -2.24. The van der Waals surface area contributed by atoms with E-state index in [-0.39, 0.29) is 12.5 Å². The first-order chi connectivity index (χ1) is 4.68. The van der Waals surface area contributed by atoms with Crippen LogP contribution in [-0.4, -0.2) is 29.8 Å². The second-order valence-electron chi connectivity index (χ2n) is 2.54. The lowest BCUT2D eigenvalue weighted by molar-refractivity contribution is -0.137. The van der Waals surface area contributed by atoms with Crippen molar-refractivity contribution in [2.75, 3.05) is 6.54 Å². The molecule has 0 aliphatic carbocycles. The normalized spacial score (nSPS) is 32.5. The van der Waals surface area contributed by atoms with E-state index in [0.29, 0.717) is 13.0 Å². The fourth-order valence-corrected chi connectivity index (χ4v) is 1.14. The zero-order chi connectivity index (χ0) is 7.56. The first kappa shape index (κ1) is 7.47. The fraction of sp³-hybridized carbons (Fsp3) is 0.833. The van der Waals surface area contributed by atoms with Gasteiger partial charge in [-0.05, 0) is 6.42 Å². The largest absolute Gasteiger partial charge is 0.481 e. The quantitative estimate of drug-likeness (QED) is 0.585. The molecule has 1 rings (SSSR count). The SMILES string of the molecule is O=C(O)C[C@@H]1C[C@@H](F)CN1. The van der Waals surface area contributed by atoms with Gasteiger partial charge in [0.25, 0.3) is 0 Å². The van der Waals surface area contributed by atoms with E-state index >= 15 is 0 Å². The summed E-state index contributed by atoms with van der Waals surface area (Å²) in [5, 5.41) is 11.1. The van der Waals surface area contributed by atoms with Gasteiger partial charge in [0.2, 0.25) is 0 Å². The molecule has 1 heterocycles. The van der Waals surface area contributed by atoms with Crippen LogP contribution < -0.4 is 5.32 Å². The molecule has 0 unspecified atom stereocenters. The summed E-state index contributed by atoms with van der Waals surface area (Å²) in [6.45, 7) is 0.304. The van der Waals surface area contributed by atoms with Crippen molar-refractivity contribution in [3.8, 4) is 0 Å². The van der Waals surface area contributed by atoms with E-state index in [1.807, 2.05) is 0 Å². The van der Waals surface area contributed by atoms with Crippen molar-refractivity contribution in [3.63, 3.8) is 0 Å². The highest BCUT2D eigenvalue weighted by Gasteiger charge is 2.24. The highest BCUT2D eigenvalue weighted by atomic mass is 19.1. The Balaban J connectivity index is 2.24. The van der Waals surface area contributed by atoms with Crippen molar-refractivity contribution in [2.45, 2.75) is 25.1 Å². The van der Waals surface area contributed by atoms with Gasteiger partial charge < -0.3 is 10.4 Å². The van der Waals surface area contributed by atoms with Crippen LogP contribution >= 0.6 is 0 Å². The molecule has 58 valence electrons. The van der Waals surface area contributed by atoms with Gasteiger partial charge in [0.05, 0.1) is 6.42 Å². The fourth-order valence-electron chi connectivity index (χ4n) is 1.14. The zero-order valence-electron chi connectivity index (χ0n) is 5.51. The van der Waals surface area contributed by atoms with Crippen LogP contribution in [0.15, 0.2) is 0 Å². The Kier molecular flexibility index (Phi) is 2.21. The van der Waals surface area contributed by atoms with E-state index in [2.05, 4.69) is 5.32 Å². The third kappa shape index (κ3) is 1.95. The van der Waals surface area contributed by atoms with Crippen LogP contribution in [0.5, 0.6) is 0 Å². The highest BCUT2D eigenvalue weighted by molar-refractivity contribution is 5.67. The highest BCUT2D eigenvalue weighted by Crippen LogP contribution is 2.12. The summed E-state index contributed by atoms with van der Waals surface area (Å²) in [7, 11) is 0. The minimum absolute atomic E-state index is 0.0282. The molecule has 0 aromatic carbocycles. The van der Waals surface area contributed by atoms with Gasteiger partial charge in [-0.25, -0.2) is 4.39 Å². The maximum Gasteiger partial charge on any atom is 0.304 e. The number of alkyl halides is 1. The number of rotatable bonds is 2. The van der Waals surface area contributed by atoms with Crippen molar-refractivity contribution >= 4 is 5.97 Å². The number of hydrogen-bond acceptors (Lipinski definition) is 2. The third-order valence-corrected chi connectivity index (χ3v) is 1.59. The topological polar surface area (TPSA) is 49.3 Å². The van der Waals surface area contributed by atoms with Crippen molar-refractivity contribution in [2.24, 2.45) is 0 Å². The second kappa shape index (κ2) is 2.96. The number of aliphatic carboxylic acids is 1. The molecule has 4 heteroatoms. The smallest absolute Gasteiger partial charge is 0.304 e. The minimum atomic E-state index is -0.869. The maximum atomic E-state index is 12.4. The third-order valence-electron chi connectivity index (χ3n) is 1.59. The first-order valence-corrected chi connectivity index (χ1v) is 3.27. The average Bonchev–Trinajstić information content (AvgIpc) is 2.13. The molecule has 1 aliphatic rings. The van der Waals surface area contributed by atoms with Crippen molar-refractivity contribution in [3.05, 3.63) is 0 Å². The summed E-state index contributed by atoms with van der Waals surface area (Å²) < 4.78 is 12.4. The molecule has 0 radical (unpaired) electrons. The van der Waals surface area contributed by atoms with Gasteiger partial charge in [-0.3, -0.25) is 4.79 Å². The summed E-state index contributed by atoms with van der Waals surface area (Å²) in [6.07, 6.45) is -0.489. The van der Waals surface area contributed by atoms with E-state index in [9.17, 15) is 9.18 Å². The molecule has 1 fully saturated rings. The van der Waals surface area contributed by atoms with E-state index in [4.69, 9.17) is 5.11 Å². The molecule has 0 amide bonds. The van der Waals surface area contributed by atoms with Crippen molar-refractivity contribution < 1.29 is 14.3 Å². The van der Waals surface area contributed by atoms with E-state index in [0.717, 1.165) is 0 Å². The van der Waals surface area contributed by atoms with E-state index in [1.165, 1.54) is 0 Å². The number of carbonyl (C=O) groups is 1. The molecule has 0 bridgehead atoms. The molecule has 0 aromatic rings. The predicted octanol–water partition coefficient (Wildman–Crippen LogP) is 0.161. The Morgan fingerprint density at radius 2 is 2.50 bits per heavy atom. The molecular formula is C6H10FNO2. The van der Waals surface area contributed by atoms with Crippen molar-refractivity contribution in [1.29, 1.82) is 0 Å². The summed E-state index contributed by atoms with van der Waals surface area (Å²) in [5.41, 5.74) is 0. The molecule has 3 nitrogen and oxygen atoms in total. The summed E-state index contributed by atoms with van der Waals surface area (Å²) >= 11 is 0. The minimum Gasteiger partial charge on any atom is -0.481 e. The van der Waals surface area contributed by atoms with Gasteiger partial charge in [0.15, 0.2) is 0 Å². The Labute approximate surface area is 58.2 Å². The molecule has 2 atom stereocenters. The zero-order valence-corrected chi connectivity index (χ0v) is 5.51. The average molecular weight is 147 g/mol. The van der Waals surface area contributed by atoms with Crippen LogP contribution in [0.2, 0.25) is 0 Å². The molecule has 0 saturated carbocycles. The molecular weight excluding hydrogens is 137 g/mol. The van der Waals surface area contributed by atoms with Gasteiger partial charge in [-0.15, -0.1) is 0 Å². The van der Waals surface area contributed by atoms with Crippen LogP contribution in [-0.2, 0) is 4.79 Å². The van der Waals surface area contributed by atoms with Crippen LogP contribution in [0.25, 0.3) is 0 Å². The van der Waals surface area contributed by atoms with E-state index in [1.54, 1.807) is 0 Å². The number of carboxylic acid groups (broad SMARTS) is 1. The van der Waals surface area contributed by atoms with Gasteiger partial charge in [0.1, 0.15) is 6.17 Å². The van der Waals surface area contributed by atoms with Crippen LogP contribution in [0, 0.1) is 0 Å². The molecule has 1 aliphatic heterocycles. The lowest BCUT2D eigenvalue weighted by atomic mass is 10.1. The van der Waals surface area contributed by atoms with Crippen LogP contribution in [0.4, 0.5) is 4.39 Å². The van der Waals surface area contributed by atoms with Gasteiger partial charge in [-0.1, -0.05) is 0 Å². The molecule has 2 N–H and O–H groups in total. The standard InChI is InChI=1S/C6H10FNO2/c7-4-1-5(8-3-4)2-6(9)10/h4-5,8H,1-3H2,(H,9,10)/t4-,5+/m1/s1. The Morgan fingerprint density at radius 3 is 2.90 bits per heavy atom. The Morgan fingerprint density at radius 1 is 1.80 bits per heavy atom. The van der Waals surface area contributed by atoms with Crippen molar-refractivity contribution in [1.82, 2.24) is 5.32 Å². The maximum absolute atomic E-state index is 12.4. The summed E-state index contributed by atoms with van der Waals surface area (Å²) in [4.78, 5) is 10.1. The summed E-state index contributed by atoms with van der Waals surface area (Å²) in [6, 6.07) is -0.160. The van der Waals surface area contributed by atoms with Gasteiger partial charge in [-0.2, -0.15) is 0 Å². The second-order valence-corrected chi connectivity index (χ2v) is 2.54. The van der Waals surface area contributed by atoms with Crippen LogP contribution in [0.3, 0.4) is 0 Å².